The predicted molar refractivity (Wildman–Crippen MR) is 96.6 cm³/mol. The lowest BCUT2D eigenvalue weighted by molar-refractivity contribution is -0.122. The predicted octanol–water partition coefficient (Wildman–Crippen LogP) is 1.60. The van der Waals surface area contributed by atoms with Crippen LogP contribution >= 0.6 is 0 Å². The van der Waals surface area contributed by atoms with Gasteiger partial charge in [-0.1, -0.05) is 24.3 Å². The van der Waals surface area contributed by atoms with Crippen LogP contribution in [0.15, 0.2) is 24.3 Å². The Morgan fingerprint density at radius 2 is 1.92 bits per heavy atom. The van der Waals surface area contributed by atoms with E-state index in [0.29, 0.717) is 19.1 Å². The maximum atomic E-state index is 12.1. The number of benzene rings is 1. The monoisotopic (exact) mass is 333 g/mol. The maximum Gasteiger partial charge on any atom is 0.234 e. The van der Waals surface area contributed by atoms with Crippen LogP contribution in [-0.2, 0) is 17.9 Å². The number of hydrogen-bond acceptors (Lipinski definition) is 4. The molecule has 1 aromatic rings. The standard InChI is InChI=1S/C19H31N3O2/c1-15(2)21(3)14-19(24)20-12-16-6-4-5-7-17(16)13-22-10-8-18(23)9-11-22/h4-7,15,18,23H,8-14H2,1-3H3,(H,20,24). The lowest BCUT2D eigenvalue weighted by atomic mass is 10.0. The second-order valence-electron chi connectivity index (χ2n) is 7.06. The first-order valence-electron chi connectivity index (χ1n) is 8.90. The van der Waals surface area contributed by atoms with Crippen molar-refractivity contribution in [3.63, 3.8) is 0 Å². The van der Waals surface area contributed by atoms with Crippen molar-refractivity contribution < 1.29 is 9.90 Å². The van der Waals surface area contributed by atoms with Gasteiger partial charge in [0.2, 0.25) is 5.91 Å². The lowest BCUT2D eigenvalue weighted by Gasteiger charge is -2.30. The number of nitrogens with zero attached hydrogens (tertiary/aromatic N) is 2. The largest absolute Gasteiger partial charge is 0.393 e. The number of rotatable bonds is 7. The number of aliphatic hydroxyl groups excluding tert-OH is 1. The van der Waals surface area contributed by atoms with Crippen LogP contribution in [-0.4, -0.2) is 59.6 Å². The van der Waals surface area contributed by atoms with Gasteiger partial charge in [0.1, 0.15) is 0 Å². The smallest absolute Gasteiger partial charge is 0.234 e. The summed E-state index contributed by atoms with van der Waals surface area (Å²) in [7, 11) is 1.96. The molecule has 1 aliphatic heterocycles. The summed E-state index contributed by atoms with van der Waals surface area (Å²) in [5.41, 5.74) is 2.43. The molecule has 1 heterocycles. The Hall–Kier alpha value is -1.43. The minimum absolute atomic E-state index is 0.0575. The molecule has 0 aliphatic carbocycles. The molecule has 0 atom stereocenters. The fourth-order valence-electron chi connectivity index (χ4n) is 2.86. The molecule has 1 aromatic carbocycles. The Kier molecular flexibility index (Phi) is 7.21. The molecule has 0 bridgehead atoms. The number of amides is 1. The lowest BCUT2D eigenvalue weighted by Crippen LogP contribution is -2.38. The van der Waals surface area contributed by atoms with E-state index in [2.05, 4.69) is 36.2 Å². The van der Waals surface area contributed by atoms with Gasteiger partial charge in [0.05, 0.1) is 12.6 Å². The van der Waals surface area contributed by atoms with Gasteiger partial charge in [-0.2, -0.15) is 0 Å². The number of aliphatic hydroxyl groups is 1. The van der Waals surface area contributed by atoms with Crippen LogP contribution in [0.25, 0.3) is 0 Å². The summed E-state index contributed by atoms with van der Waals surface area (Å²) in [4.78, 5) is 16.5. The Bertz CT molecular complexity index is 525. The molecular weight excluding hydrogens is 302 g/mol. The van der Waals surface area contributed by atoms with Crippen LogP contribution in [0.1, 0.15) is 37.8 Å². The van der Waals surface area contributed by atoms with Gasteiger partial charge in [0.15, 0.2) is 0 Å². The highest BCUT2D eigenvalue weighted by Gasteiger charge is 2.18. The highest BCUT2D eigenvalue weighted by atomic mass is 16.3. The van der Waals surface area contributed by atoms with Gasteiger partial charge < -0.3 is 10.4 Å². The summed E-state index contributed by atoms with van der Waals surface area (Å²) >= 11 is 0. The minimum Gasteiger partial charge on any atom is -0.393 e. The molecule has 2 N–H and O–H groups in total. The molecule has 2 rings (SSSR count). The summed E-state index contributed by atoms with van der Waals surface area (Å²) in [6, 6.07) is 8.64. The third kappa shape index (κ3) is 5.89. The molecule has 134 valence electrons. The topological polar surface area (TPSA) is 55.8 Å². The molecular formula is C19H31N3O2. The molecule has 1 amide bonds. The molecule has 0 aromatic heterocycles. The average molecular weight is 333 g/mol. The zero-order valence-electron chi connectivity index (χ0n) is 15.2. The van der Waals surface area contributed by atoms with E-state index in [9.17, 15) is 9.90 Å². The van der Waals surface area contributed by atoms with Crippen molar-refractivity contribution >= 4 is 5.91 Å². The van der Waals surface area contributed by atoms with E-state index >= 15 is 0 Å². The fraction of sp³-hybridized carbons (Fsp3) is 0.632. The number of likely N-dealkylation sites (tertiary alicyclic amines) is 1. The number of hydrogen-bond donors (Lipinski definition) is 2. The van der Waals surface area contributed by atoms with Crippen LogP contribution in [0, 0.1) is 0 Å². The van der Waals surface area contributed by atoms with Crippen molar-refractivity contribution in [1.82, 2.24) is 15.1 Å². The van der Waals surface area contributed by atoms with Gasteiger partial charge >= 0.3 is 0 Å². The first-order chi connectivity index (χ1) is 11.5. The van der Waals surface area contributed by atoms with E-state index < -0.39 is 0 Å². The number of nitrogens with one attached hydrogen (secondary N) is 1. The molecule has 5 nitrogen and oxygen atoms in total. The summed E-state index contributed by atoms with van der Waals surface area (Å²) < 4.78 is 0. The maximum absolute atomic E-state index is 12.1. The summed E-state index contributed by atoms with van der Waals surface area (Å²) in [5.74, 6) is 0.0575. The van der Waals surface area contributed by atoms with E-state index in [-0.39, 0.29) is 12.0 Å². The summed E-state index contributed by atoms with van der Waals surface area (Å²) in [6.45, 7) is 7.89. The Morgan fingerprint density at radius 3 is 2.54 bits per heavy atom. The third-order valence-electron chi connectivity index (χ3n) is 4.82. The summed E-state index contributed by atoms with van der Waals surface area (Å²) in [5, 5.41) is 12.7. The minimum atomic E-state index is -0.145. The van der Waals surface area contributed by atoms with E-state index in [0.717, 1.165) is 32.5 Å². The van der Waals surface area contributed by atoms with Crippen LogP contribution in [0.5, 0.6) is 0 Å². The van der Waals surface area contributed by atoms with Crippen molar-refractivity contribution in [2.24, 2.45) is 0 Å². The van der Waals surface area contributed by atoms with Gasteiger partial charge in [0.25, 0.3) is 0 Å². The molecule has 1 fully saturated rings. The molecule has 5 heteroatoms. The number of piperidine rings is 1. The highest BCUT2D eigenvalue weighted by Crippen LogP contribution is 2.16. The first kappa shape index (κ1) is 18.9. The molecule has 1 aliphatic rings. The normalized spacial score (nSPS) is 16.8. The molecule has 1 saturated heterocycles. The number of carbonyl (C=O) groups excluding carboxylic acids is 1. The summed E-state index contributed by atoms with van der Waals surface area (Å²) in [6.07, 6.45) is 1.55. The van der Waals surface area contributed by atoms with Crippen LogP contribution < -0.4 is 5.32 Å². The first-order valence-corrected chi connectivity index (χ1v) is 8.90. The van der Waals surface area contributed by atoms with Crippen molar-refractivity contribution in [2.45, 2.75) is 51.9 Å². The quantitative estimate of drug-likeness (QED) is 0.796. The van der Waals surface area contributed by atoms with E-state index in [1.807, 2.05) is 24.1 Å². The van der Waals surface area contributed by atoms with Crippen molar-refractivity contribution in [2.75, 3.05) is 26.7 Å². The van der Waals surface area contributed by atoms with Crippen molar-refractivity contribution in [3.8, 4) is 0 Å². The van der Waals surface area contributed by atoms with Crippen LogP contribution in [0.4, 0.5) is 0 Å². The Balaban J connectivity index is 1.88. The zero-order valence-corrected chi connectivity index (χ0v) is 15.2. The van der Waals surface area contributed by atoms with Crippen molar-refractivity contribution in [3.05, 3.63) is 35.4 Å². The van der Waals surface area contributed by atoms with E-state index in [1.165, 1.54) is 11.1 Å². The highest BCUT2D eigenvalue weighted by molar-refractivity contribution is 5.78. The zero-order chi connectivity index (χ0) is 17.5. The van der Waals surface area contributed by atoms with E-state index in [1.54, 1.807) is 0 Å². The van der Waals surface area contributed by atoms with Gasteiger partial charge in [-0.15, -0.1) is 0 Å². The van der Waals surface area contributed by atoms with E-state index in [4.69, 9.17) is 0 Å². The van der Waals surface area contributed by atoms with Gasteiger partial charge in [-0.25, -0.2) is 0 Å². The van der Waals surface area contributed by atoms with Gasteiger partial charge in [0, 0.05) is 32.2 Å². The SMILES string of the molecule is CC(C)N(C)CC(=O)NCc1ccccc1CN1CCC(O)CC1. The number of carbonyl (C=O) groups is 1. The van der Waals surface area contributed by atoms with Crippen LogP contribution in [0.3, 0.4) is 0 Å². The molecule has 0 unspecified atom stereocenters. The van der Waals surface area contributed by atoms with Crippen molar-refractivity contribution in [1.29, 1.82) is 0 Å². The van der Waals surface area contributed by atoms with Crippen LogP contribution in [0.2, 0.25) is 0 Å². The average Bonchev–Trinajstić information content (AvgIpc) is 2.56. The molecule has 24 heavy (non-hydrogen) atoms. The number of likely N-dealkylation sites (N-methyl/N-ethyl adjacent to an activating group) is 1. The third-order valence-corrected chi connectivity index (χ3v) is 4.82. The molecule has 0 saturated carbocycles. The second-order valence-corrected chi connectivity index (χ2v) is 7.06. The Morgan fingerprint density at radius 1 is 1.29 bits per heavy atom. The van der Waals surface area contributed by atoms with Gasteiger partial charge in [-0.05, 0) is 44.9 Å². The molecule has 0 spiro atoms. The van der Waals surface area contributed by atoms with Gasteiger partial charge in [-0.3, -0.25) is 14.6 Å². The second kappa shape index (κ2) is 9.16. The molecule has 0 radical (unpaired) electrons. The Labute approximate surface area is 145 Å². The fourth-order valence-corrected chi connectivity index (χ4v) is 2.86.